The standard InChI is InChI=1S/C23H20ClN3O3S2/c1-16-13-18(24)14-20-22(16)26-23(31-20)27(15-17-7-10-25-11-8-17)21(28)9-12-32(29,30)19-5-3-2-4-6-19/h2-8,10-11,13-14H,9,12,15H2,1H3. The molecule has 4 rings (SSSR count). The fourth-order valence-corrected chi connectivity index (χ4v) is 5.98. The van der Waals surface area contributed by atoms with Crippen molar-refractivity contribution in [3.63, 3.8) is 0 Å². The third-order valence-electron chi connectivity index (χ3n) is 4.95. The minimum absolute atomic E-state index is 0.155. The molecule has 0 bridgehead atoms. The highest BCUT2D eigenvalue weighted by Gasteiger charge is 2.24. The maximum absolute atomic E-state index is 13.2. The van der Waals surface area contributed by atoms with Crippen LogP contribution in [0.1, 0.15) is 17.5 Å². The number of carbonyl (C=O) groups excluding carboxylic acids is 1. The summed E-state index contributed by atoms with van der Waals surface area (Å²) in [7, 11) is -3.57. The largest absolute Gasteiger partial charge is 0.284 e. The number of sulfone groups is 1. The molecule has 1 amide bonds. The second-order valence-electron chi connectivity index (χ2n) is 7.28. The molecule has 0 aliphatic rings. The number of carbonyl (C=O) groups is 1. The molecule has 6 nitrogen and oxygen atoms in total. The van der Waals surface area contributed by atoms with Gasteiger partial charge in [0.15, 0.2) is 15.0 Å². The topological polar surface area (TPSA) is 80.2 Å². The SMILES string of the molecule is Cc1cc(Cl)cc2sc(N(Cc3ccncc3)C(=O)CCS(=O)(=O)c3ccccc3)nc12. The number of rotatable bonds is 7. The number of pyridine rings is 1. The lowest BCUT2D eigenvalue weighted by molar-refractivity contribution is -0.118. The summed E-state index contributed by atoms with van der Waals surface area (Å²) in [5.74, 6) is -0.595. The molecule has 0 saturated heterocycles. The normalized spacial score (nSPS) is 11.6. The Labute approximate surface area is 195 Å². The average molecular weight is 486 g/mol. The van der Waals surface area contributed by atoms with Gasteiger partial charge in [0.2, 0.25) is 5.91 Å². The highest BCUT2D eigenvalue weighted by atomic mass is 35.5. The Kier molecular flexibility index (Phi) is 6.55. The van der Waals surface area contributed by atoms with Crippen molar-refractivity contribution in [3.8, 4) is 0 Å². The molecule has 2 heterocycles. The summed E-state index contributed by atoms with van der Waals surface area (Å²) in [6.45, 7) is 2.18. The van der Waals surface area contributed by atoms with Crippen molar-refractivity contribution in [3.05, 3.63) is 83.1 Å². The number of fused-ring (bicyclic) bond motifs is 1. The molecule has 32 heavy (non-hydrogen) atoms. The molecule has 0 N–H and O–H groups in total. The van der Waals surface area contributed by atoms with E-state index in [4.69, 9.17) is 11.6 Å². The molecule has 4 aromatic rings. The number of amides is 1. The van der Waals surface area contributed by atoms with E-state index in [0.29, 0.717) is 10.2 Å². The van der Waals surface area contributed by atoms with Crippen LogP contribution in [0.5, 0.6) is 0 Å². The van der Waals surface area contributed by atoms with E-state index in [0.717, 1.165) is 21.3 Å². The fraction of sp³-hybridized carbons (Fsp3) is 0.174. The summed E-state index contributed by atoms with van der Waals surface area (Å²) in [5.41, 5.74) is 2.56. The summed E-state index contributed by atoms with van der Waals surface area (Å²) < 4.78 is 26.2. The van der Waals surface area contributed by atoms with E-state index in [1.807, 2.05) is 31.2 Å². The molecular formula is C23H20ClN3O3S2. The fourth-order valence-electron chi connectivity index (χ4n) is 3.29. The van der Waals surface area contributed by atoms with Crippen molar-refractivity contribution in [1.82, 2.24) is 9.97 Å². The van der Waals surface area contributed by atoms with Gasteiger partial charge >= 0.3 is 0 Å². The molecule has 0 aliphatic carbocycles. The van der Waals surface area contributed by atoms with Crippen LogP contribution in [0.2, 0.25) is 5.02 Å². The van der Waals surface area contributed by atoms with Gasteiger partial charge in [-0.2, -0.15) is 0 Å². The molecule has 0 fully saturated rings. The Morgan fingerprint density at radius 2 is 1.81 bits per heavy atom. The van der Waals surface area contributed by atoms with E-state index in [1.54, 1.807) is 30.6 Å². The number of benzene rings is 2. The first-order valence-electron chi connectivity index (χ1n) is 9.87. The predicted octanol–water partition coefficient (Wildman–Crippen LogP) is 5.05. The molecule has 2 aromatic carbocycles. The molecule has 0 radical (unpaired) electrons. The number of hydrogen-bond acceptors (Lipinski definition) is 6. The van der Waals surface area contributed by atoms with Gasteiger partial charge in [-0.15, -0.1) is 0 Å². The summed E-state index contributed by atoms with van der Waals surface area (Å²) in [6, 6.07) is 15.4. The lowest BCUT2D eigenvalue weighted by Crippen LogP contribution is -2.31. The van der Waals surface area contributed by atoms with Gasteiger partial charge in [0.1, 0.15) is 0 Å². The lowest BCUT2D eigenvalue weighted by Gasteiger charge is -2.20. The van der Waals surface area contributed by atoms with Crippen LogP contribution in [0.3, 0.4) is 0 Å². The van der Waals surface area contributed by atoms with E-state index in [-0.39, 0.29) is 29.5 Å². The van der Waals surface area contributed by atoms with Gasteiger partial charge in [-0.1, -0.05) is 41.1 Å². The first-order chi connectivity index (χ1) is 15.3. The smallest absolute Gasteiger partial charge is 0.230 e. The van der Waals surface area contributed by atoms with Gasteiger partial charge < -0.3 is 0 Å². The number of hydrogen-bond donors (Lipinski definition) is 0. The predicted molar refractivity (Wildman–Crippen MR) is 128 cm³/mol. The molecule has 0 aliphatic heterocycles. The Bertz CT molecular complexity index is 1360. The van der Waals surface area contributed by atoms with Gasteiger partial charge in [0, 0.05) is 23.8 Å². The van der Waals surface area contributed by atoms with Crippen LogP contribution in [0, 0.1) is 6.92 Å². The summed E-state index contributed by atoms with van der Waals surface area (Å²) in [4.78, 5) is 23.7. The van der Waals surface area contributed by atoms with Crippen molar-refractivity contribution in [1.29, 1.82) is 0 Å². The van der Waals surface area contributed by atoms with Crippen molar-refractivity contribution < 1.29 is 13.2 Å². The molecule has 164 valence electrons. The average Bonchev–Trinajstić information content (AvgIpc) is 3.21. The Morgan fingerprint density at radius 3 is 2.53 bits per heavy atom. The molecule has 0 atom stereocenters. The second kappa shape index (κ2) is 9.36. The lowest BCUT2D eigenvalue weighted by atomic mass is 10.2. The maximum atomic E-state index is 13.2. The Morgan fingerprint density at radius 1 is 1.09 bits per heavy atom. The molecule has 0 spiro atoms. The van der Waals surface area contributed by atoms with Crippen molar-refractivity contribution in [2.45, 2.75) is 24.8 Å². The summed E-state index contributed by atoms with van der Waals surface area (Å²) >= 11 is 7.54. The van der Waals surface area contributed by atoms with Crippen molar-refractivity contribution in [2.24, 2.45) is 0 Å². The summed E-state index contributed by atoms with van der Waals surface area (Å²) in [5, 5.41) is 1.11. The van der Waals surface area contributed by atoms with Crippen LogP contribution in [0.25, 0.3) is 10.2 Å². The number of halogens is 1. The molecule has 0 saturated carbocycles. The van der Waals surface area contributed by atoms with Gasteiger partial charge in [0.25, 0.3) is 0 Å². The van der Waals surface area contributed by atoms with Crippen LogP contribution in [0.4, 0.5) is 5.13 Å². The summed E-state index contributed by atoms with van der Waals surface area (Å²) in [6.07, 6.45) is 3.15. The number of anilines is 1. The minimum Gasteiger partial charge on any atom is -0.284 e. The monoisotopic (exact) mass is 485 g/mol. The van der Waals surface area contributed by atoms with Gasteiger partial charge in [0.05, 0.1) is 27.4 Å². The zero-order valence-electron chi connectivity index (χ0n) is 17.2. The van der Waals surface area contributed by atoms with E-state index in [2.05, 4.69) is 9.97 Å². The zero-order chi connectivity index (χ0) is 22.7. The number of aromatic nitrogens is 2. The maximum Gasteiger partial charge on any atom is 0.230 e. The van der Waals surface area contributed by atoms with Gasteiger partial charge in [-0.3, -0.25) is 14.7 Å². The number of aryl methyl sites for hydroxylation is 1. The quantitative estimate of drug-likeness (QED) is 0.366. The van der Waals surface area contributed by atoms with E-state index in [9.17, 15) is 13.2 Å². The van der Waals surface area contributed by atoms with Crippen LogP contribution in [0.15, 0.2) is 71.9 Å². The van der Waals surface area contributed by atoms with Gasteiger partial charge in [-0.05, 0) is 54.4 Å². The highest BCUT2D eigenvalue weighted by molar-refractivity contribution is 7.91. The molecule has 9 heteroatoms. The van der Waals surface area contributed by atoms with Crippen LogP contribution >= 0.6 is 22.9 Å². The van der Waals surface area contributed by atoms with Crippen LogP contribution < -0.4 is 4.90 Å². The molecular weight excluding hydrogens is 466 g/mol. The highest BCUT2D eigenvalue weighted by Crippen LogP contribution is 2.34. The zero-order valence-corrected chi connectivity index (χ0v) is 19.6. The third-order valence-corrected chi connectivity index (χ3v) is 7.92. The first-order valence-corrected chi connectivity index (χ1v) is 12.7. The molecule has 0 unspecified atom stereocenters. The minimum atomic E-state index is -3.57. The van der Waals surface area contributed by atoms with Crippen molar-refractivity contribution in [2.75, 3.05) is 10.7 Å². The van der Waals surface area contributed by atoms with Crippen LogP contribution in [-0.2, 0) is 21.2 Å². The van der Waals surface area contributed by atoms with Crippen LogP contribution in [-0.4, -0.2) is 30.0 Å². The molecule has 2 aromatic heterocycles. The third kappa shape index (κ3) is 4.98. The van der Waals surface area contributed by atoms with Crippen molar-refractivity contribution >= 4 is 54.0 Å². The number of nitrogens with zero attached hydrogens (tertiary/aromatic N) is 3. The second-order valence-corrected chi connectivity index (χ2v) is 10.8. The van der Waals surface area contributed by atoms with E-state index < -0.39 is 9.84 Å². The van der Waals surface area contributed by atoms with Gasteiger partial charge in [-0.25, -0.2) is 13.4 Å². The van der Waals surface area contributed by atoms with E-state index >= 15 is 0 Å². The number of thiazole rings is 1. The first kappa shape index (κ1) is 22.4. The Hall–Kier alpha value is -2.81. The van der Waals surface area contributed by atoms with E-state index in [1.165, 1.54) is 28.4 Å². The Balaban J connectivity index is 1.64.